The van der Waals surface area contributed by atoms with Crippen LogP contribution in [0.5, 0.6) is 0 Å². The van der Waals surface area contributed by atoms with Gasteiger partial charge >= 0.3 is 0 Å². The molecule has 0 fully saturated rings. The number of aliphatic hydroxyl groups excluding tert-OH is 1. The minimum atomic E-state index is -0.538. The summed E-state index contributed by atoms with van der Waals surface area (Å²) >= 11 is 0. The highest BCUT2D eigenvalue weighted by Crippen LogP contribution is 2.23. The third-order valence-electron chi connectivity index (χ3n) is 2.38. The molecule has 0 saturated carbocycles. The second kappa shape index (κ2) is 4.11. The van der Waals surface area contributed by atoms with E-state index < -0.39 is 6.10 Å². The van der Waals surface area contributed by atoms with Crippen molar-refractivity contribution in [3.63, 3.8) is 0 Å². The predicted molar refractivity (Wildman–Crippen MR) is 59.2 cm³/mol. The van der Waals surface area contributed by atoms with E-state index in [2.05, 4.69) is 20.8 Å². The summed E-state index contributed by atoms with van der Waals surface area (Å²) in [6, 6.07) is 7.98. The highest BCUT2D eigenvalue weighted by Gasteiger charge is 2.13. The van der Waals surface area contributed by atoms with Crippen molar-refractivity contribution in [2.75, 3.05) is 6.54 Å². The first-order valence-corrected chi connectivity index (χ1v) is 4.93. The smallest absolute Gasteiger partial charge is 0.0912 e. The van der Waals surface area contributed by atoms with Gasteiger partial charge in [0.2, 0.25) is 0 Å². The van der Waals surface area contributed by atoms with E-state index in [-0.39, 0.29) is 12.0 Å². The van der Waals surface area contributed by atoms with E-state index in [0.717, 1.165) is 5.56 Å². The lowest BCUT2D eigenvalue weighted by molar-refractivity contribution is 0.186. The van der Waals surface area contributed by atoms with E-state index in [4.69, 9.17) is 5.73 Å². The molecule has 0 saturated heterocycles. The average molecular weight is 193 g/mol. The van der Waals surface area contributed by atoms with Crippen molar-refractivity contribution >= 4 is 0 Å². The van der Waals surface area contributed by atoms with E-state index in [1.54, 1.807) is 0 Å². The Kier molecular flexibility index (Phi) is 3.29. The topological polar surface area (TPSA) is 46.2 Å². The van der Waals surface area contributed by atoms with Crippen LogP contribution in [0.4, 0.5) is 0 Å². The molecule has 78 valence electrons. The number of benzene rings is 1. The Morgan fingerprint density at radius 2 is 1.71 bits per heavy atom. The third kappa shape index (κ3) is 2.56. The van der Waals surface area contributed by atoms with Gasteiger partial charge in [0.25, 0.3) is 0 Å². The van der Waals surface area contributed by atoms with Gasteiger partial charge < -0.3 is 10.8 Å². The number of rotatable bonds is 2. The molecule has 0 aromatic heterocycles. The van der Waals surface area contributed by atoms with Gasteiger partial charge in [0.05, 0.1) is 6.10 Å². The molecule has 0 bridgehead atoms. The molecule has 1 rings (SSSR count). The van der Waals surface area contributed by atoms with Crippen molar-refractivity contribution in [1.82, 2.24) is 0 Å². The van der Waals surface area contributed by atoms with Crippen molar-refractivity contribution in [2.24, 2.45) is 5.73 Å². The maximum absolute atomic E-state index is 9.50. The first-order chi connectivity index (χ1) is 6.45. The predicted octanol–water partition coefficient (Wildman–Crippen LogP) is 1.98. The summed E-state index contributed by atoms with van der Waals surface area (Å²) in [4.78, 5) is 0. The van der Waals surface area contributed by atoms with Crippen LogP contribution in [0.15, 0.2) is 24.3 Å². The zero-order chi connectivity index (χ0) is 10.8. The van der Waals surface area contributed by atoms with Gasteiger partial charge in [-0.15, -0.1) is 0 Å². The van der Waals surface area contributed by atoms with Crippen LogP contribution in [-0.2, 0) is 5.41 Å². The molecule has 0 aliphatic carbocycles. The monoisotopic (exact) mass is 193 g/mol. The van der Waals surface area contributed by atoms with E-state index in [0.29, 0.717) is 0 Å². The lowest BCUT2D eigenvalue weighted by atomic mass is 9.86. The van der Waals surface area contributed by atoms with Crippen LogP contribution in [0.1, 0.15) is 38.0 Å². The van der Waals surface area contributed by atoms with Crippen molar-refractivity contribution in [1.29, 1.82) is 0 Å². The van der Waals surface area contributed by atoms with Crippen LogP contribution in [0, 0.1) is 0 Å². The van der Waals surface area contributed by atoms with Crippen molar-refractivity contribution < 1.29 is 5.11 Å². The van der Waals surface area contributed by atoms with Gasteiger partial charge in [-0.05, 0) is 16.5 Å². The number of aliphatic hydroxyl groups is 1. The molecule has 2 nitrogen and oxygen atoms in total. The summed E-state index contributed by atoms with van der Waals surface area (Å²) in [5, 5.41) is 9.50. The third-order valence-corrected chi connectivity index (χ3v) is 2.38. The molecule has 3 N–H and O–H groups in total. The molecule has 0 spiro atoms. The fourth-order valence-electron chi connectivity index (χ4n) is 1.34. The fourth-order valence-corrected chi connectivity index (χ4v) is 1.34. The van der Waals surface area contributed by atoms with Gasteiger partial charge in [-0.25, -0.2) is 0 Å². The zero-order valence-electron chi connectivity index (χ0n) is 9.12. The second-order valence-corrected chi connectivity index (χ2v) is 4.62. The van der Waals surface area contributed by atoms with E-state index in [1.807, 2.05) is 24.3 Å². The summed E-state index contributed by atoms with van der Waals surface area (Å²) in [6.45, 7) is 6.78. The molecule has 0 aliphatic rings. The summed E-state index contributed by atoms with van der Waals surface area (Å²) < 4.78 is 0. The summed E-state index contributed by atoms with van der Waals surface area (Å²) in [7, 11) is 0. The molecule has 0 amide bonds. The Morgan fingerprint density at radius 3 is 2.07 bits per heavy atom. The highest BCUT2D eigenvalue weighted by atomic mass is 16.3. The standard InChI is InChI=1S/C12H19NO/c1-12(2,3)10-6-4-9(5-7-10)11(14)8-13/h4-7,11,14H,8,13H2,1-3H3/t11-/m0/s1. The van der Waals surface area contributed by atoms with Crippen molar-refractivity contribution in [3.05, 3.63) is 35.4 Å². The Bertz CT molecular complexity index is 284. The molecule has 0 heterocycles. The van der Waals surface area contributed by atoms with Gasteiger partial charge in [-0.3, -0.25) is 0 Å². The van der Waals surface area contributed by atoms with Crippen LogP contribution in [0.25, 0.3) is 0 Å². The van der Waals surface area contributed by atoms with Gasteiger partial charge in [0.1, 0.15) is 0 Å². The number of nitrogens with two attached hydrogens (primary N) is 1. The normalized spacial score (nSPS) is 14.1. The van der Waals surface area contributed by atoms with Crippen LogP contribution >= 0.6 is 0 Å². The van der Waals surface area contributed by atoms with Gasteiger partial charge in [-0.2, -0.15) is 0 Å². The Balaban J connectivity index is 2.89. The minimum absolute atomic E-state index is 0.159. The van der Waals surface area contributed by atoms with E-state index in [9.17, 15) is 5.11 Å². The fraction of sp³-hybridized carbons (Fsp3) is 0.500. The quantitative estimate of drug-likeness (QED) is 0.754. The summed E-state index contributed by atoms with van der Waals surface area (Å²) in [6.07, 6.45) is -0.538. The molecular formula is C12H19NO. The zero-order valence-corrected chi connectivity index (χ0v) is 9.12. The molecule has 1 aromatic carbocycles. The maximum Gasteiger partial charge on any atom is 0.0912 e. The van der Waals surface area contributed by atoms with Gasteiger partial charge in [-0.1, -0.05) is 45.0 Å². The van der Waals surface area contributed by atoms with E-state index in [1.165, 1.54) is 5.56 Å². The molecule has 0 unspecified atom stereocenters. The van der Waals surface area contributed by atoms with Crippen LogP contribution in [-0.4, -0.2) is 11.7 Å². The lowest BCUT2D eigenvalue weighted by Crippen LogP contribution is -2.13. The molecule has 0 radical (unpaired) electrons. The Labute approximate surface area is 85.8 Å². The number of hydrogen-bond donors (Lipinski definition) is 2. The van der Waals surface area contributed by atoms with Gasteiger partial charge in [0.15, 0.2) is 0 Å². The van der Waals surface area contributed by atoms with Crippen molar-refractivity contribution in [2.45, 2.75) is 32.3 Å². The van der Waals surface area contributed by atoms with Gasteiger partial charge in [0, 0.05) is 6.54 Å². The highest BCUT2D eigenvalue weighted by molar-refractivity contribution is 5.28. The first-order valence-electron chi connectivity index (χ1n) is 4.93. The lowest BCUT2D eigenvalue weighted by Gasteiger charge is -2.19. The second-order valence-electron chi connectivity index (χ2n) is 4.62. The Hall–Kier alpha value is -0.860. The van der Waals surface area contributed by atoms with Crippen LogP contribution in [0.3, 0.4) is 0 Å². The molecular weight excluding hydrogens is 174 g/mol. The number of hydrogen-bond acceptors (Lipinski definition) is 2. The average Bonchev–Trinajstić information content (AvgIpc) is 2.15. The SMILES string of the molecule is CC(C)(C)c1ccc([C@@H](O)CN)cc1. The van der Waals surface area contributed by atoms with Crippen LogP contribution in [0.2, 0.25) is 0 Å². The minimum Gasteiger partial charge on any atom is -0.387 e. The molecule has 1 atom stereocenters. The maximum atomic E-state index is 9.50. The summed E-state index contributed by atoms with van der Waals surface area (Å²) in [5.41, 5.74) is 7.70. The summed E-state index contributed by atoms with van der Waals surface area (Å²) in [5.74, 6) is 0. The molecule has 2 heteroatoms. The largest absolute Gasteiger partial charge is 0.387 e. The molecule has 14 heavy (non-hydrogen) atoms. The molecule has 1 aromatic rings. The van der Waals surface area contributed by atoms with E-state index >= 15 is 0 Å². The first kappa shape index (κ1) is 11.2. The molecule has 0 aliphatic heterocycles. The Morgan fingerprint density at radius 1 is 1.21 bits per heavy atom. The van der Waals surface area contributed by atoms with Crippen molar-refractivity contribution in [3.8, 4) is 0 Å². The van der Waals surface area contributed by atoms with Crippen LogP contribution < -0.4 is 5.73 Å².